The van der Waals surface area contributed by atoms with Gasteiger partial charge in [-0.2, -0.15) is 0 Å². The van der Waals surface area contributed by atoms with Crippen molar-refractivity contribution in [2.45, 2.75) is 39.1 Å². The number of hydrogen-bond acceptors (Lipinski definition) is 2. The zero-order valence-electron chi connectivity index (χ0n) is 14.0. The fraction of sp³-hybridized carbons (Fsp3) is 0.333. The Hall–Kier alpha value is -1.90. The highest BCUT2D eigenvalue weighted by Crippen LogP contribution is 2.30. The molecule has 2 heteroatoms. The molecule has 0 spiro atoms. The number of hydrogen-bond donors (Lipinski definition) is 1. The molecule has 0 radical (unpaired) electrons. The Morgan fingerprint density at radius 1 is 1.00 bits per heavy atom. The topological polar surface area (TPSA) is 29.5 Å². The summed E-state index contributed by atoms with van der Waals surface area (Å²) in [7, 11) is 0. The number of aliphatic hydroxyl groups is 1. The van der Waals surface area contributed by atoms with Crippen LogP contribution in [0.1, 0.15) is 37.5 Å². The predicted octanol–water partition coefficient (Wildman–Crippen LogP) is 4.91. The molecule has 0 amide bonds. The quantitative estimate of drug-likeness (QED) is 0.702. The van der Waals surface area contributed by atoms with Gasteiger partial charge in [-0.05, 0) is 29.0 Å². The monoisotopic (exact) mass is 310 g/mol. The maximum atomic E-state index is 10.2. The van der Waals surface area contributed by atoms with Crippen LogP contribution in [0.3, 0.4) is 0 Å². The second-order valence-corrected chi connectivity index (χ2v) is 6.26. The van der Waals surface area contributed by atoms with Gasteiger partial charge < -0.3 is 9.84 Å². The Morgan fingerprint density at radius 3 is 2.13 bits per heavy atom. The minimum Gasteiger partial charge on any atom is -0.393 e. The van der Waals surface area contributed by atoms with Crippen LogP contribution in [0.5, 0.6) is 0 Å². The minimum atomic E-state index is -0.394. The van der Waals surface area contributed by atoms with Crippen molar-refractivity contribution in [1.82, 2.24) is 0 Å². The summed E-state index contributed by atoms with van der Waals surface area (Å²) in [5.74, 6) is 0.206. The first-order valence-corrected chi connectivity index (χ1v) is 8.14. The molecule has 0 aliphatic rings. The summed E-state index contributed by atoms with van der Waals surface area (Å²) < 4.78 is 6.15. The lowest BCUT2D eigenvalue weighted by Gasteiger charge is -2.24. The Kier molecular flexibility index (Phi) is 6.57. The normalized spacial score (nSPS) is 13.7. The van der Waals surface area contributed by atoms with E-state index in [0.717, 1.165) is 16.7 Å². The highest BCUT2D eigenvalue weighted by molar-refractivity contribution is 5.25. The molecule has 2 aromatic carbocycles. The zero-order valence-corrected chi connectivity index (χ0v) is 14.0. The molecular formula is C21H26O2. The van der Waals surface area contributed by atoms with Crippen molar-refractivity contribution in [3.8, 4) is 0 Å². The molecule has 0 heterocycles. The zero-order chi connectivity index (χ0) is 16.7. The maximum Gasteiger partial charge on any atom is 0.104 e. The number of aliphatic hydroxyl groups excluding tert-OH is 1. The average Bonchev–Trinajstić information content (AvgIpc) is 2.57. The van der Waals surface area contributed by atoms with Crippen LogP contribution in [0, 0.1) is 5.92 Å². The van der Waals surface area contributed by atoms with Gasteiger partial charge in [0.2, 0.25) is 0 Å². The van der Waals surface area contributed by atoms with Gasteiger partial charge in [0.15, 0.2) is 0 Å². The SMILES string of the molecule is C=C(C[C@H](O)C(C)C)[C@H](OCc1ccccc1)c1ccccc1. The summed E-state index contributed by atoms with van der Waals surface area (Å²) in [6, 6.07) is 20.2. The molecule has 2 rings (SSSR count). The first kappa shape index (κ1) is 17.5. The Morgan fingerprint density at radius 2 is 1.57 bits per heavy atom. The van der Waals surface area contributed by atoms with Gasteiger partial charge in [-0.1, -0.05) is 81.1 Å². The molecule has 0 aliphatic heterocycles. The molecule has 2 atom stereocenters. The lowest BCUT2D eigenvalue weighted by atomic mass is 9.94. The third kappa shape index (κ3) is 5.34. The fourth-order valence-electron chi connectivity index (χ4n) is 2.44. The summed E-state index contributed by atoms with van der Waals surface area (Å²) in [6.45, 7) is 8.73. The highest BCUT2D eigenvalue weighted by Gasteiger charge is 2.20. The first-order valence-electron chi connectivity index (χ1n) is 8.14. The van der Waals surface area contributed by atoms with Gasteiger partial charge in [0, 0.05) is 0 Å². The van der Waals surface area contributed by atoms with Crippen LogP contribution in [0.15, 0.2) is 72.8 Å². The molecule has 1 N–H and O–H groups in total. The van der Waals surface area contributed by atoms with E-state index in [1.165, 1.54) is 0 Å². The molecule has 0 bridgehead atoms. The average molecular weight is 310 g/mol. The second-order valence-electron chi connectivity index (χ2n) is 6.26. The second kappa shape index (κ2) is 8.66. The predicted molar refractivity (Wildman–Crippen MR) is 95.0 cm³/mol. The Labute approximate surface area is 139 Å². The van der Waals surface area contributed by atoms with Crippen molar-refractivity contribution in [3.05, 3.63) is 83.9 Å². The van der Waals surface area contributed by atoms with E-state index >= 15 is 0 Å². The van der Waals surface area contributed by atoms with Crippen LogP contribution in [0.25, 0.3) is 0 Å². The van der Waals surface area contributed by atoms with Gasteiger partial charge >= 0.3 is 0 Å². The van der Waals surface area contributed by atoms with Crippen LogP contribution >= 0.6 is 0 Å². The summed E-state index contributed by atoms with van der Waals surface area (Å²) in [4.78, 5) is 0. The van der Waals surface area contributed by atoms with Crippen molar-refractivity contribution in [3.63, 3.8) is 0 Å². The van der Waals surface area contributed by atoms with E-state index in [4.69, 9.17) is 4.74 Å². The molecule has 0 saturated heterocycles. The van der Waals surface area contributed by atoms with Gasteiger partial charge in [0.1, 0.15) is 6.10 Å². The molecule has 2 nitrogen and oxygen atoms in total. The Balaban J connectivity index is 2.10. The third-order valence-electron chi connectivity index (χ3n) is 3.97. The van der Waals surface area contributed by atoms with E-state index < -0.39 is 6.10 Å². The number of ether oxygens (including phenoxy) is 1. The van der Waals surface area contributed by atoms with Crippen molar-refractivity contribution in [2.24, 2.45) is 5.92 Å². The van der Waals surface area contributed by atoms with Crippen LogP contribution in [-0.4, -0.2) is 11.2 Å². The van der Waals surface area contributed by atoms with Crippen molar-refractivity contribution < 1.29 is 9.84 Å². The lowest BCUT2D eigenvalue weighted by molar-refractivity contribution is 0.0515. The van der Waals surface area contributed by atoms with Crippen LogP contribution in [-0.2, 0) is 11.3 Å². The van der Waals surface area contributed by atoms with Gasteiger partial charge in [-0.3, -0.25) is 0 Å². The first-order chi connectivity index (χ1) is 11.1. The van der Waals surface area contributed by atoms with E-state index in [1.807, 2.05) is 74.5 Å². The van der Waals surface area contributed by atoms with E-state index in [9.17, 15) is 5.11 Å². The van der Waals surface area contributed by atoms with E-state index in [1.54, 1.807) is 0 Å². The number of rotatable bonds is 8. The Bertz CT molecular complexity index is 590. The number of benzene rings is 2. The lowest BCUT2D eigenvalue weighted by Crippen LogP contribution is -2.18. The van der Waals surface area contributed by atoms with Crippen LogP contribution in [0.4, 0.5) is 0 Å². The van der Waals surface area contributed by atoms with Crippen LogP contribution in [0.2, 0.25) is 0 Å². The van der Waals surface area contributed by atoms with Crippen molar-refractivity contribution >= 4 is 0 Å². The third-order valence-corrected chi connectivity index (χ3v) is 3.97. The standard InChI is InChI=1S/C21H26O2/c1-16(2)20(22)14-17(3)21(19-12-8-5-9-13-19)23-15-18-10-6-4-7-11-18/h4-13,16,20-22H,3,14-15H2,1-2H3/t20-,21-/m0/s1. The largest absolute Gasteiger partial charge is 0.393 e. The molecule has 23 heavy (non-hydrogen) atoms. The van der Waals surface area contributed by atoms with Gasteiger partial charge in [-0.25, -0.2) is 0 Å². The molecule has 0 fully saturated rings. The van der Waals surface area contributed by atoms with Gasteiger partial charge in [0.25, 0.3) is 0 Å². The molecule has 2 aromatic rings. The smallest absolute Gasteiger partial charge is 0.104 e. The molecule has 122 valence electrons. The summed E-state index contributed by atoms with van der Waals surface area (Å²) >= 11 is 0. The summed E-state index contributed by atoms with van der Waals surface area (Å²) in [5.41, 5.74) is 3.11. The summed E-state index contributed by atoms with van der Waals surface area (Å²) in [5, 5.41) is 10.2. The summed E-state index contributed by atoms with van der Waals surface area (Å²) in [6.07, 6.45) is -0.0507. The molecule has 0 aromatic heterocycles. The highest BCUT2D eigenvalue weighted by atomic mass is 16.5. The molecule has 0 saturated carbocycles. The molecular weight excluding hydrogens is 284 g/mol. The van der Waals surface area contributed by atoms with E-state index in [2.05, 4.69) is 6.58 Å². The molecule has 0 unspecified atom stereocenters. The fourth-order valence-corrected chi connectivity index (χ4v) is 2.44. The van der Waals surface area contributed by atoms with E-state index in [-0.39, 0.29) is 12.0 Å². The maximum absolute atomic E-state index is 10.2. The van der Waals surface area contributed by atoms with Gasteiger partial charge in [-0.15, -0.1) is 0 Å². The minimum absolute atomic E-state index is 0.204. The van der Waals surface area contributed by atoms with Crippen molar-refractivity contribution in [1.29, 1.82) is 0 Å². The van der Waals surface area contributed by atoms with Crippen LogP contribution < -0.4 is 0 Å². The van der Waals surface area contributed by atoms with Crippen molar-refractivity contribution in [2.75, 3.05) is 0 Å². The van der Waals surface area contributed by atoms with E-state index in [0.29, 0.717) is 13.0 Å². The van der Waals surface area contributed by atoms with Gasteiger partial charge in [0.05, 0.1) is 12.7 Å². The molecule has 0 aliphatic carbocycles.